The summed E-state index contributed by atoms with van der Waals surface area (Å²) in [7, 11) is 2.09. The highest BCUT2D eigenvalue weighted by Crippen LogP contribution is 2.39. The van der Waals surface area contributed by atoms with Crippen LogP contribution in [0.1, 0.15) is 31.2 Å². The molecule has 0 aliphatic carbocycles. The predicted octanol–water partition coefficient (Wildman–Crippen LogP) is 4.78. The van der Waals surface area contributed by atoms with Crippen LogP contribution in [-0.4, -0.2) is 71.3 Å². The Bertz CT molecular complexity index is 1530. The van der Waals surface area contributed by atoms with Gasteiger partial charge in [0, 0.05) is 59.3 Å². The Balaban J connectivity index is 1.37. The fourth-order valence-corrected chi connectivity index (χ4v) is 6.56. The number of fused-ring (bicyclic) bond motifs is 4. The Morgan fingerprint density at radius 3 is 2.66 bits per heavy atom. The first-order valence-electron chi connectivity index (χ1n) is 13.6. The van der Waals surface area contributed by atoms with Gasteiger partial charge in [0.1, 0.15) is 23.8 Å². The fourth-order valence-electron chi connectivity index (χ4n) is 6.56. The highest BCUT2D eigenvalue weighted by Gasteiger charge is 2.34. The molecule has 0 radical (unpaired) electrons. The number of nitrogens with zero attached hydrogens (tertiary/aromatic N) is 4. The number of H-pyrrole nitrogens is 1. The predicted molar refractivity (Wildman–Crippen MR) is 145 cm³/mol. The molecule has 9 heteroatoms. The number of likely N-dealkylation sites (N-methyl/N-ethyl adjacent to an activating group) is 1. The number of para-hydroxylation sites is 1. The summed E-state index contributed by atoms with van der Waals surface area (Å²) in [6.07, 6.45) is 6.03. The molecule has 3 saturated heterocycles. The Hall–Kier alpha value is -3.30. The maximum Gasteiger partial charge on any atom is 0.319 e. The third-order valence-corrected chi connectivity index (χ3v) is 8.63. The zero-order valence-corrected chi connectivity index (χ0v) is 21.7. The van der Waals surface area contributed by atoms with Gasteiger partial charge in [0.05, 0.1) is 5.56 Å². The van der Waals surface area contributed by atoms with Gasteiger partial charge in [-0.1, -0.05) is 18.2 Å². The molecule has 3 aliphatic heterocycles. The Morgan fingerprint density at radius 2 is 1.89 bits per heavy atom. The summed E-state index contributed by atoms with van der Waals surface area (Å²) >= 11 is 0. The monoisotopic (exact) mass is 518 g/mol. The molecule has 3 aliphatic rings. The molecule has 0 spiro atoms. The van der Waals surface area contributed by atoms with E-state index in [1.165, 1.54) is 6.07 Å². The number of hydrogen-bond donors (Lipinski definition) is 2. The van der Waals surface area contributed by atoms with Crippen LogP contribution in [0.25, 0.3) is 32.9 Å². The molecule has 2 bridgehead atoms. The number of halogens is 2. The standard InChI is InChI=1S/C29H32F2N6O/c1-16-5-3-7-20-22(12-32-26(16)20)24-23(30)11-21-27(25(24)31)34-29(38-15-19-6-4-10-36(19)2)35-28(21)37-13-17-8-9-18(14-37)33-17/h3,5,7,11-12,17-19,32-33H,4,6,8-10,13-15H2,1-2H3/t17-,18+,19-/m0/s1. The molecule has 3 fully saturated rings. The molecule has 0 unspecified atom stereocenters. The summed E-state index contributed by atoms with van der Waals surface area (Å²) in [4.78, 5) is 16.9. The minimum Gasteiger partial charge on any atom is -0.462 e. The molecule has 0 amide bonds. The highest BCUT2D eigenvalue weighted by molar-refractivity contribution is 6.01. The van der Waals surface area contributed by atoms with Gasteiger partial charge in [-0.25, -0.2) is 8.78 Å². The summed E-state index contributed by atoms with van der Waals surface area (Å²) in [6.45, 7) is 4.91. The van der Waals surface area contributed by atoms with E-state index in [2.05, 4.69) is 32.1 Å². The van der Waals surface area contributed by atoms with E-state index in [1.54, 1.807) is 6.20 Å². The van der Waals surface area contributed by atoms with Crippen LogP contribution in [0.5, 0.6) is 6.01 Å². The average Bonchev–Trinajstić information content (AvgIpc) is 3.61. The summed E-state index contributed by atoms with van der Waals surface area (Å²) in [5.41, 5.74) is 2.37. The summed E-state index contributed by atoms with van der Waals surface area (Å²) < 4.78 is 38.3. The van der Waals surface area contributed by atoms with Crippen LogP contribution in [0.2, 0.25) is 0 Å². The number of aryl methyl sites for hydroxylation is 1. The van der Waals surface area contributed by atoms with E-state index in [0.29, 0.717) is 35.5 Å². The summed E-state index contributed by atoms with van der Waals surface area (Å²) in [5.74, 6) is -0.768. The lowest BCUT2D eigenvalue weighted by Gasteiger charge is -2.34. The number of ether oxygens (including phenoxy) is 1. The van der Waals surface area contributed by atoms with E-state index < -0.39 is 11.6 Å². The third kappa shape index (κ3) is 3.91. The lowest BCUT2D eigenvalue weighted by molar-refractivity contribution is 0.188. The first kappa shape index (κ1) is 23.8. The average molecular weight is 519 g/mol. The Morgan fingerprint density at radius 1 is 1.08 bits per heavy atom. The largest absolute Gasteiger partial charge is 0.462 e. The second kappa shape index (κ2) is 9.17. The number of aromatic amines is 1. The van der Waals surface area contributed by atoms with E-state index in [1.807, 2.05) is 25.1 Å². The minimum atomic E-state index is -0.688. The first-order valence-corrected chi connectivity index (χ1v) is 13.6. The molecule has 3 atom stereocenters. The number of benzene rings is 2. The number of piperazine rings is 1. The van der Waals surface area contributed by atoms with Crippen LogP contribution < -0.4 is 15.0 Å². The van der Waals surface area contributed by atoms with Crippen molar-refractivity contribution < 1.29 is 13.5 Å². The lowest BCUT2D eigenvalue weighted by Crippen LogP contribution is -2.51. The van der Waals surface area contributed by atoms with Gasteiger partial charge in [-0.05, 0) is 57.8 Å². The smallest absolute Gasteiger partial charge is 0.319 e. The van der Waals surface area contributed by atoms with Crippen LogP contribution >= 0.6 is 0 Å². The molecule has 198 valence electrons. The van der Waals surface area contributed by atoms with Crippen molar-refractivity contribution in [1.29, 1.82) is 0 Å². The maximum atomic E-state index is 16.4. The van der Waals surface area contributed by atoms with Gasteiger partial charge < -0.3 is 24.8 Å². The quantitative estimate of drug-likeness (QED) is 0.397. The van der Waals surface area contributed by atoms with Gasteiger partial charge in [0.15, 0.2) is 5.82 Å². The molecule has 38 heavy (non-hydrogen) atoms. The number of rotatable bonds is 5. The van der Waals surface area contributed by atoms with Crippen molar-refractivity contribution in [2.24, 2.45) is 0 Å². The minimum absolute atomic E-state index is 0.0825. The summed E-state index contributed by atoms with van der Waals surface area (Å²) in [5, 5.41) is 4.77. The number of likely N-dealkylation sites (tertiary alicyclic amines) is 1. The molecular formula is C29H32F2N6O. The van der Waals surface area contributed by atoms with Crippen LogP contribution in [0.4, 0.5) is 14.6 Å². The first-order chi connectivity index (χ1) is 18.5. The van der Waals surface area contributed by atoms with Gasteiger partial charge in [0.25, 0.3) is 0 Å². The van der Waals surface area contributed by atoms with Crippen molar-refractivity contribution in [2.45, 2.75) is 50.7 Å². The van der Waals surface area contributed by atoms with Gasteiger partial charge in [-0.2, -0.15) is 9.97 Å². The lowest BCUT2D eigenvalue weighted by atomic mass is 10.00. The zero-order chi connectivity index (χ0) is 26.0. The van der Waals surface area contributed by atoms with E-state index in [4.69, 9.17) is 9.72 Å². The van der Waals surface area contributed by atoms with Crippen molar-refractivity contribution >= 4 is 27.6 Å². The van der Waals surface area contributed by atoms with E-state index in [-0.39, 0.29) is 23.1 Å². The normalized spacial score (nSPS) is 23.7. The van der Waals surface area contributed by atoms with Crippen molar-refractivity contribution in [1.82, 2.24) is 25.2 Å². The van der Waals surface area contributed by atoms with Crippen molar-refractivity contribution in [2.75, 3.05) is 38.2 Å². The van der Waals surface area contributed by atoms with E-state index in [9.17, 15) is 0 Å². The number of anilines is 1. The van der Waals surface area contributed by atoms with Gasteiger partial charge >= 0.3 is 6.01 Å². The van der Waals surface area contributed by atoms with Crippen LogP contribution in [0.3, 0.4) is 0 Å². The van der Waals surface area contributed by atoms with E-state index >= 15 is 8.78 Å². The highest BCUT2D eigenvalue weighted by atomic mass is 19.1. The molecule has 7 nitrogen and oxygen atoms in total. The molecule has 2 N–H and O–H groups in total. The molecule has 2 aromatic heterocycles. The van der Waals surface area contributed by atoms with Crippen molar-refractivity contribution in [3.63, 3.8) is 0 Å². The van der Waals surface area contributed by atoms with Crippen molar-refractivity contribution in [3.8, 4) is 17.1 Å². The van der Waals surface area contributed by atoms with Gasteiger partial charge in [-0.15, -0.1) is 0 Å². The molecule has 0 saturated carbocycles. The number of nitrogens with one attached hydrogen (secondary N) is 2. The Labute approximate surface area is 220 Å². The Kier molecular flexibility index (Phi) is 5.74. The number of hydrogen-bond acceptors (Lipinski definition) is 6. The summed E-state index contributed by atoms with van der Waals surface area (Å²) in [6, 6.07) is 8.26. The van der Waals surface area contributed by atoms with Gasteiger partial charge in [0.2, 0.25) is 0 Å². The van der Waals surface area contributed by atoms with E-state index in [0.717, 1.165) is 61.8 Å². The second-order valence-corrected chi connectivity index (χ2v) is 11.1. The molecule has 5 heterocycles. The maximum absolute atomic E-state index is 16.4. The topological polar surface area (TPSA) is 69.3 Å². The molecule has 7 rings (SSSR count). The number of aromatic nitrogens is 3. The van der Waals surface area contributed by atoms with Crippen LogP contribution in [-0.2, 0) is 0 Å². The SMILES string of the molecule is Cc1cccc2c(-c3c(F)cc4c(N5C[C@H]6CC[C@@H](C5)N6)nc(OC[C@@H]5CCCN5C)nc4c3F)c[nH]c12. The van der Waals surface area contributed by atoms with Gasteiger partial charge in [-0.3, -0.25) is 0 Å². The fraction of sp³-hybridized carbons (Fsp3) is 0.448. The zero-order valence-electron chi connectivity index (χ0n) is 21.7. The van der Waals surface area contributed by atoms with Crippen molar-refractivity contribution in [3.05, 3.63) is 47.7 Å². The molecule has 4 aromatic rings. The van der Waals surface area contributed by atoms with Crippen LogP contribution in [0, 0.1) is 18.6 Å². The third-order valence-electron chi connectivity index (χ3n) is 8.63. The molecule has 2 aromatic carbocycles. The van der Waals surface area contributed by atoms with Crippen LogP contribution in [0.15, 0.2) is 30.5 Å². The second-order valence-electron chi connectivity index (χ2n) is 11.1. The molecular weight excluding hydrogens is 486 g/mol.